The highest BCUT2D eigenvalue weighted by Gasteiger charge is 2.39. The number of piperidine rings is 1. The van der Waals surface area contributed by atoms with Crippen LogP contribution in [0.4, 0.5) is 5.82 Å². The highest BCUT2D eigenvalue weighted by atomic mass is 35.5. The molecule has 5 rings (SSSR count). The van der Waals surface area contributed by atoms with E-state index in [1.54, 1.807) is 13.2 Å². The van der Waals surface area contributed by atoms with Crippen LogP contribution in [0.15, 0.2) is 60.7 Å². The molecule has 12 nitrogen and oxygen atoms in total. The molecule has 4 N–H and O–H groups in total. The zero-order valence-corrected chi connectivity index (χ0v) is 26.2. The molecule has 0 saturated carbocycles. The van der Waals surface area contributed by atoms with Gasteiger partial charge >= 0.3 is 0 Å². The number of amides is 2. The number of anilines is 1. The second-order valence-corrected chi connectivity index (χ2v) is 12.2. The predicted octanol–water partition coefficient (Wildman–Crippen LogP) is 4.11. The number of likely N-dealkylation sites (tertiary alicyclic amines) is 1. The van der Waals surface area contributed by atoms with Crippen LogP contribution in [0.25, 0.3) is 22.4 Å². The van der Waals surface area contributed by atoms with Crippen molar-refractivity contribution in [2.24, 2.45) is 0 Å². The summed E-state index contributed by atoms with van der Waals surface area (Å²) in [4.78, 5) is 39.4. The second-order valence-electron chi connectivity index (χ2n) is 10.3. The van der Waals surface area contributed by atoms with E-state index < -0.39 is 15.7 Å². The molecule has 2 aromatic heterocycles. The molecule has 1 fully saturated rings. The molecule has 44 heavy (non-hydrogen) atoms. The number of rotatable bonds is 8. The normalized spacial score (nSPS) is 14.4. The molecule has 0 radical (unpaired) electrons. The van der Waals surface area contributed by atoms with Crippen LogP contribution in [-0.2, 0) is 25.3 Å². The van der Waals surface area contributed by atoms with Crippen molar-refractivity contribution >= 4 is 50.4 Å². The maximum Gasteiger partial charge on any atom is 0.270 e. The van der Waals surface area contributed by atoms with Crippen LogP contribution >= 0.6 is 11.6 Å². The largest absolute Gasteiger partial charge is 0.373 e. The Kier molecular flexibility index (Phi) is 10.6. The second kappa shape index (κ2) is 14.2. The Morgan fingerprint density at radius 3 is 2.32 bits per heavy atom. The lowest BCUT2D eigenvalue weighted by atomic mass is 9.84. The number of H-pyrrole nitrogens is 1. The van der Waals surface area contributed by atoms with Gasteiger partial charge in [0.05, 0.1) is 17.2 Å². The fraction of sp³-hybridized carbons (Fsp3) is 0.333. The van der Waals surface area contributed by atoms with Gasteiger partial charge < -0.3 is 25.3 Å². The van der Waals surface area contributed by atoms with E-state index in [4.69, 9.17) is 30.9 Å². The molecule has 1 aliphatic heterocycles. The third-order valence-corrected chi connectivity index (χ3v) is 7.48. The van der Waals surface area contributed by atoms with Crippen molar-refractivity contribution in [3.63, 3.8) is 0 Å². The fourth-order valence-corrected chi connectivity index (χ4v) is 5.36. The number of hydrogen-bond acceptors (Lipinski definition) is 8. The van der Waals surface area contributed by atoms with Gasteiger partial charge in [0.1, 0.15) is 17.2 Å². The lowest BCUT2D eigenvalue weighted by molar-refractivity contribution is -0.118. The molecule has 0 aliphatic carbocycles. The zero-order chi connectivity index (χ0) is 31.9. The fourth-order valence-electron chi connectivity index (χ4n) is 5.05. The summed E-state index contributed by atoms with van der Waals surface area (Å²) in [6.45, 7) is 3.44. The average Bonchev–Trinajstić information content (AvgIpc) is 3.43. The Hall–Kier alpha value is -4.04. The van der Waals surface area contributed by atoms with Gasteiger partial charge in [-0.05, 0) is 25.0 Å². The monoisotopic (exact) mass is 642 g/mol. The van der Waals surface area contributed by atoms with Crippen molar-refractivity contribution in [1.82, 2.24) is 25.2 Å². The Morgan fingerprint density at radius 1 is 1.07 bits per heavy atom. The van der Waals surface area contributed by atoms with E-state index in [0.29, 0.717) is 78.7 Å². The maximum atomic E-state index is 13.6. The van der Waals surface area contributed by atoms with Crippen molar-refractivity contribution in [2.45, 2.75) is 25.4 Å². The van der Waals surface area contributed by atoms with E-state index in [2.05, 4.69) is 15.6 Å². The third kappa shape index (κ3) is 8.32. The topological polar surface area (TPSA) is 167 Å². The maximum absolute atomic E-state index is 13.6. The first-order valence-electron chi connectivity index (χ1n) is 13.9. The minimum atomic E-state index is -3.67. The molecule has 1 aliphatic rings. The van der Waals surface area contributed by atoms with Crippen molar-refractivity contribution in [3.8, 4) is 11.4 Å². The number of nitrogens with one attached hydrogen (secondary N) is 3. The number of ether oxygens (including phenoxy) is 1. The number of aromatic amines is 1. The van der Waals surface area contributed by atoms with Crippen LogP contribution in [-0.4, -0.2) is 84.2 Å². The molecular weight excluding hydrogens is 608 g/mol. The first-order valence-corrected chi connectivity index (χ1v) is 16.1. The smallest absolute Gasteiger partial charge is 0.270 e. The van der Waals surface area contributed by atoms with Gasteiger partial charge in [0.15, 0.2) is 5.82 Å². The van der Waals surface area contributed by atoms with Crippen molar-refractivity contribution in [1.29, 1.82) is 0 Å². The number of fused-ring (bicyclic) bond motifs is 1. The number of carbonyl (C=O) groups excluding carboxylic acids is 2. The van der Waals surface area contributed by atoms with E-state index in [0.717, 1.165) is 11.1 Å². The molecule has 14 heteroatoms. The SMILES string of the molecule is COC1(c2ccccc2Cl)CCN(C(=O)c2cc3c(NCCNC(C)=O)nc(-c4ccccc4)nc3[nH]2)CC1.CS(=O)(=O)O. The van der Waals surface area contributed by atoms with E-state index in [1.165, 1.54) is 6.92 Å². The first-order chi connectivity index (χ1) is 20.9. The van der Waals surface area contributed by atoms with E-state index in [1.807, 2.05) is 59.5 Å². The lowest BCUT2D eigenvalue weighted by Crippen LogP contribution is -2.46. The molecule has 3 heterocycles. The number of aromatic nitrogens is 3. The highest BCUT2D eigenvalue weighted by Crippen LogP contribution is 2.40. The van der Waals surface area contributed by atoms with Gasteiger partial charge in [0.2, 0.25) is 5.91 Å². The first kappa shape index (κ1) is 32.9. The molecule has 0 unspecified atom stereocenters. The van der Waals surface area contributed by atoms with E-state index in [-0.39, 0.29) is 11.8 Å². The van der Waals surface area contributed by atoms with Gasteiger partial charge in [-0.1, -0.05) is 60.1 Å². The summed E-state index contributed by atoms with van der Waals surface area (Å²) in [6, 6.07) is 19.2. The minimum absolute atomic E-state index is 0.0994. The standard InChI is InChI=1S/C29H31ClN6O3.CH4O3S/c1-19(37)31-14-15-32-26-21-18-24(33-27(21)35-25(34-26)20-8-4-3-5-9-20)28(38)36-16-12-29(39-2,13-17-36)22-10-6-7-11-23(22)30;1-5(2,3)4/h3-11,18H,12-17H2,1-2H3,(H,31,37)(H2,32,33,34,35);1H3,(H,2,3,4). The van der Waals surface area contributed by atoms with Gasteiger partial charge in [0, 0.05) is 56.4 Å². The summed E-state index contributed by atoms with van der Waals surface area (Å²) in [7, 11) is -1.97. The number of methoxy groups -OCH3 is 1. The summed E-state index contributed by atoms with van der Waals surface area (Å²) >= 11 is 6.49. The van der Waals surface area contributed by atoms with Gasteiger partial charge in [-0.25, -0.2) is 9.97 Å². The molecule has 2 amide bonds. The van der Waals surface area contributed by atoms with Crippen LogP contribution in [0, 0.1) is 0 Å². The molecule has 4 aromatic rings. The Morgan fingerprint density at radius 2 is 1.70 bits per heavy atom. The predicted molar refractivity (Wildman–Crippen MR) is 169 cm³/mol. The van der Waals surface area contributed by atoms with Gasteiger partial charge in [-0.3, -0.25) is 14.1 Å². The molecule has 0 bridgehead atoms. The van der Waals surface area contributed by atoms with Crippen LogP contribution in [0.1, 0.15) is 35.8 Å². The molecule has 0 atom stereocenters. The summed E-state index contributed by atoms with van der Waals surface area (Å²) in [6.07, 6.45) is 1.98. The number of carbonyl (C=O) groups is 2. The van der Waals surface area contributed by atoms with Gasteiger partial charge in [-0.2, -0.15) is 8.42 Å². The van der Waals surface area contributed by atoms with Crippen molar-refractivity contribution < 1.29 is 27.3 Å². The zero-order valence-electron chi connectivity index (χ0n) is 24.6. The summed E-state index contributed by atoms with van der Waals surface area (Å²) in [5.74, 6) is 0.920. The van der Waals surface area contributed by atoms with Gasteiger partial charge in [0.25, 0.3) is 16.0 Å². The molecular formula is C30H35ClN6O6S. The Balaban J connectivity index is 0.000000818. The molecule has 234 valence electrons. The van der Waals surface area contributed by atoms with Gasteiger partial charge in [-0.15, -0.1) is 0 Å². The van der Waals surface area contributed by atoms with E-state index >= 15 is 0 Å². The van der Waals surface area contributed by atoms with Crippen LogP contribution in [0.5, 0.6) is 0 Å². The van der Waals surface area contributed by atoms with Crippen molar-refractivity contribution in [3.05, 3.63) is 76.9 Å². The lowest BCUT2D eigenvalue weighted by Gasteiger charge is -2.41. The van der Waals surface area contributed by atoms with Crippen LogP contribution < -0.4 is 10.6 Å². The number of nitrogens with zero attached hydrogens (tertiary/aromatic N) is 3. The molecule has 2 aromatic carbocycles. The van der Waals surface area contributed by atoms with Crippen LogP contribution in [0.2, 0.25) is 5.02 Å². The average molecular weight is 643 g/mol. The quantitative estimate of drug-likeness (QED) is 0.163. The van der Waals surface area contributed by atoms with Crippen LogP contribution in [0.3, 0.4) is 0 Å². The number of benzene rings is 2. The molecule has 0 spiro atoms. The summed E-state index contributed by atoms with van der Waals surface area (Å²) < 4.78 is 31.8. The number of hydrogen-bond donors (Lipinski definition) is 4. The Labute approximate surface area is 260 Å². The van der Waals surface area contributed by atoms with E-state index in [9.17, 15) is 18.0 Å². The minimum Gasteiger partial charge on any atom is -0.373 e. The highest BCUT2D eigenvalue weighted by molar-refractivity contribution is 7.85. The number of halogens is 1. The molecule has 1 saturated heterocycles. The Bertz CT molecular complexity index is 1710. The summed E-state index contributed by atoms with van der Waals surface area (Å²) in [5, 5.41) is 7.43. The van der Waals surface area contributed by atoms with Crippen molar-refractivity contribution in [2.75, 3.05) is 44.9 Å². The third-order valence-electron chi connectivity index (χ3n) is 7.15. The summed E-state index contributed by atoms with van der Waals surface area (Å²) in [5.41, 5.74) is 2.28.